The van der Waals surface area contributed by atoms with E-state index < -0.39 is 5.91 Å². The standard InChI is InChI=1S/C18H15ClN4O3/c1-11-16(10-20-21-17(25)12-2-8-15(24)9-3-12)18(26)23(22-11)14-6-4-13(19)5-7-14/h2-10,22,24H,1H3,(H,21,25)/b20-10+. The fourth-order valence-electron chi connectivity index (χ4n) is 2.32. The number of phenols is 1. The van der Waals surface area contributed by atoms with Gasteiger partial charge in [-0.3, -0.25) is 14.7 Å². The SMILES string of the molecule is Cc1[nH]n(-c2ccc(Cl)cc2)c(=O)c1/C=N/NC(=O)c1ccc(O)cc1. The molecule has 0 aliphatic rings. The summed E-state index contributed by atoms with van der Waals surface area (Å²) in [6.45, 7) is 1.73. The number of rotatable bonds is 4. The minimum absolute atomic E-state index is 0.0655. The highest BCUT2D eigenvalue weighted by Crippen LogP contribution is 2.12. The van der Waals surface area contributed by atoms with E-state index in [2.05, 4.69) is 15.6 Å². The number of nitrogens with zero attached hydrogens (tertiary/aromatic N) is 2. The van der Waals surface area contributed by atoms with Crippen molar-refractivity contribution in [3.05, 3.63) is 80.7 Å². The third-order valence-corrected chi connectivity index (χ3v) is 3.94. The molecular formula is C18H15ClN4O3. The molecule has 0 saturated heterocycles. The number of hydrazone groups is 1. The molecule has 132 valence electrons. The molecule has 8 heteroatoms. The summed E-state index contributed by atoms with van der Waals surface area (Å²) in [6.07, 6.45) is 1.29. The van der Waals surface area contributed by atoms with Crippen molar-refractivity contribution in [3.8, 4) is 11.4 Å². The van der Waals surface area contributed by atoms with E-state index in [0.29, 0.717) is 27.5 Å². The zero-order chi connectivity index (χ0) is 18.7. The Bertz CT molecular complexity index is 1020. The van der Waals surface area contributed by atoms with Crippen LogP contribution in [0.2, 0.25) is 5.02 Å². The van der Waals surface area contributed by atoms with Crippen molar-refractivity contribution in [3.63, 3.8) is 0 Å². The van der Waals surface area contributed by atoms with Gasteiger partial charge in [-0.05, 0) is 55.5 Å². The highest BCUT2D eigenvalue weighted by Gasteiger charge is 2.11. The van der Waals surface area contributed by atoms with Gasteiger partial charge in [-0.1, -0.05) is 11.6 Å². The predicted molar refractivity (Wildman–Crippen MR) is 99.3 cm³/mol. The third-order valence-electron chi connectivity index (χ3n) is 3.69. The van der Waals surface area contributed by atoms with Crippen molar-refractivity contribution in [2.24, 2.45) is 5.10 Å². The number of aromatic amines is 1. The number of aryl methyl sites for hydroxylation is 1. The van der Waals surface area contributed by atoms with Gasteiger partial charge in [0, 0.05) is 16.3 Å². The number of aromatic hydroxyl groups is 1. The van der Waals surface area contributed by atoms with Crippen molar-refractivity contribution in [1.82, 2.24) is 15.2 Å². The number of hydrogen-bond acceptors (Lipinski definition) is 4. The maximum absolute atomic E-state index is 12.5. The van der Waals surface area contributed by atoms with Gasteiger partial charge in [0.25, 0.3) is 11.5 Å². The molecule has 3 aromatic rings. The molecule has 0 spiro atoms. The molecule has 0 aliphatic carbocycles. The van der Waals surface area contributed by atoms with Crippen LogP contribution in [-0.2, 0) is 0 Å². The molecule has 0 saturated carbocycles. The van der Waals surface area contributed by atoms with E-state index in [1.165, 1.54) is 35.2 Å². The number of carbonyl (C=O) groups excluding carboxylic acids is 1. The first-order valence-electron chi connectivity index (χ1n) is 7.65. The summed E-state index contributed by atoms with van der Waals surface area (Å²) in [7, 11) is 0. The summed E-state index contributed by atoms with van der Waals surface area (Å²) < 4.78 is 1.37. The fourth-order valence-corrected chi connectivity index (χ4v) is 2.44. The highest BCUT2D eigenvalue weighted by molar-refractivity contribution is 6.30. The summed E-state index contributed by atoms with van der Waals surface area (Å²) in [4.78, 5) is 24.5. The van der Waals surface area contributed by atoms with E-state index in [1.807, 2.05) is 0 Å². The van der Waals surface area contributed by atoms with Crippen LogP contribution in [0.25, 0.3) is 5.69 Å². The Kier molecular flexibility index (Phi) is 4.90. The summed E-state index contributed by atoms with van der Waals surface area (Å²) in [5, 5.41) is 16.6. The minimum Gasteiger partial charge on any atom is -0.508 e. The number of aromatic nitrogens is 2. The number of phenolic OH excluding ortho intramolecular Hbond substituents is 1. The van der Waals surface area contributed by atoms with E-state index in [0.717, 1.165) is 0 Å². The molecule has 26 heavy (non-hydrogen) atoms. The van der Waals surface area contributed by atoms with Gasteiger partial charge >= 0.3 is 0 Å². The number of benzene rings is 2. The van der Waals surface area contributed by atoms with Gasteiger partial charge in [0.05, 0.1) is 17.5 Å². The Hall–Kier alpha value is -3.32. The largest absolute Gasteiger partial charge is 0.508 e. The maximum Gasteiger partial charge on any atom is 0.280 e. The van der Waals surface area contributed by atoms with Gasteiger partial charge in [0.1, 0.15) is 5.75 Å². The summed E-state index contributed by atoms with van der Waals surface area (Å²) in [5.74, 6) is -0.386. The lowest BCUT2D eigenvalue weighted by molar-refractivity contribution is 0.0955. The Balaban J connectivity index is 1.78. The molecule has 7 nitrogen and oxygen atoms in total. The van der Waals surface area contributed by atoms with Crippen LogP contribution in [0, 0.1) is 6.92 Å². The molecule has 1 heterocycles. The van der Waals surface area contributed by atoms with Crippen molar-refractivity contribution in [2.75, 3.05) is 0 Å². The van der Waals surface area contributed by atoms with Crippen LogP contribution >= 0.6 is 11.6 Å². The lowest BCUT2D eigenvalue weighted by Crippen LogP contribution is -2.20. The number of H-pyrrole nitrogens is 1. The molecule has 0 atom stereocenters. The monoisotopic (exact) mass is 370 g/mol. The highest BCUT2D eigenvalue weighted by atomic mass is 35.5. The summed E-state index contributed by atoms with van der Waals surface area (Å²) >= 11 is 5.86. The zero-order valence-electron chi connectivity index (χ0n) is 13.7. The van der Waals surface area contributed by atoms with E-state index in [4.69, 9.17) is 11.6 Å². The Morgan fingerprint density at radius 2 is 1.85 bits per heavy atom. The first kappa shape index (κ1) is 17.5. The van der Waals surface area contributed by atoms with Crippen LogP contribution in [0.1, 0.15) is 21.6 Å². The molecule has 0 bridgehead atoms. The topological polar surface area (TPSA) is 99.5 Å². The van der Waals surface area contributed by atoms with Crippen LogP contribution in [0.4, 0.5) is 0 Å². The van der Waals surface area contributed by atoms with E-state index in [1.54, 1.807) is 31.2 Å². The predicted octanol–water partition coefficient (Wildman–Crippen LogP) is 2.60. The average Bonchev–Trinajstić information content (AvgIpc) is 2.91. The van der Waals surface area contributed by atoms with Crippen molar-refractivity contribution < 1.29 is 9.90 Å². The summed E-state index contributed by atoms with van der Waals surface area (Å²) in [6, 6.07) is 12.5. The number of carbonyl (C=O) groups is 1. The first-order valence-corrected chi connectivity index (χ1v) is 8.03. The second kappa shape index (κ2) is 7.28. The van der Waals surface area contributed by atoms with Gasteiger partial charge < -0.3 is 5.11 Å². The van der Waals surface area contributed by atoms with Gasteiger partial charge in [0.15, 0.2) is 0 Å². The van der Waals surface area contributed by atoms with Crippen molar-refractivity contribution in [2.45, 2.75) is 6.92 Å². The molecule has 1 aromatic heterocycles. The zero-order valence-corrected chi connectivity index (χ0v) is 14.5. The molecule has 0 aliphatic heterocycles. The number of nitrogens with one attached hydrogen (secondary N) is 2. The second-order valence-corrected chi connectivity index (χ2v) is 5.95. The first-order chi connectivity index (χ1) is 12.5. The number of hydrogen-bond donors (Lipinski definition) is 3. The van der Waals surface area contributed by atoms with Crippen LogP contribution in [0.5, 0.6) is 5.75 Å². The third kappa shape index (κ3) is 3.68. The fraction of sp³-hybridized carbons (Fsp3) is 0.0556. The maximum atomic E-state index is 12.5. The molecular weight excluding hydrogens is 356 g/mol. The lowest BCUT2D eigenvalue weighted by Gasteiger charge is -2.00. The van der Waals surface area contributed by atoms with Crippen LogP contribution in [0.15, 0.2) is 58.4 Å². The lowest BCUT2D eigenvalue weighted by atomic mass is 10.2. The average molecular weight is 371 g/mol. The summed E-state index contributed by atoms with van der Waals surface area (Å²) in [5.41, 5.74) is 3.95. The smallest absolute Gasteiger partial charge is 0.280 e. The minimum atomic E-state index is -0.451. The van der Waals surface area contributed by atoms with E-state index >= 15 is 0 Å². The molecule has 0 radical (unpaired) electrons. The van der Waals surface area contributed by atoms with Gasteiger partial charge in [0.2, 0.25) is 0 Å². The Morgan fingerprint density at radius 1 is 1.19 bits per heavy atom. The van der Waals surface area contributed by atoms with Crippen molar-refractivity contribution >= 4 is 23.7 Å². The van der Waals surface area contributed by atoms with Crippen LogP contribution in [0.3, 0.4) is 0 Å². The van der Waals surface area contributed by atoms with Crippen LogP contribution in [-0.4, -0.2) is 27.0 Å². The Morgan fingerprint density at radius 3 is 2.50 bits per heavy atom. The van der Waals surface area contributed by atoms with Crippen LogP contribution < -0.4 is 11.0 Å². The molecule has 0 unspecified atom stereocenters. The molecule has 2 aromatic carbocycles. The van der Waals surface area contributed by atoms with Gasteiger partial charge in [-0.2, -0.15) is 5.10 Å². The Labute approximate surface area is 153 Å². The van der Waals surface area contributed by atoms with Crippen molar-refractivity contribution in [1.29, 1.82) is 0 Å². The quantitative estimate of drug-likeness (QED) is 0.486. The van der Waals surface area contributed by atoms with Gasteiger partial charge in [-0.25, -0.2) is 10.1 Å². The molecule has 3 N–H and O–H groups in total. The second-order valence-electron chi connectivity index (χ2n) is 5.51. The molecule has 0 fully saturated rings. The van der Waals surface area contributed by atoms with E-state index in [9.17, 15) is 14.7 Å². The normalized spacial score (nSPS) is 11.0. The van der Waals surface area contributed by atoms with Gasteiger partial charge in [-0.15, -0.1) is 0 Å². The molecule has 1 amide bonds. The number of halogens is 1. The number of amides is 1. The molecule has 3 rings (SSSR count). The van der Waals surface area contributed by atoms with E-state index in [-0.39, 0.29) is 11.3 Å².